The molecular formula is C16H18N2O4. The van der Waals surface area contributed by atoms with Gasteiger partial charge in [0.05, 0.1) is 18.1 Å². The van der Waals surface area contributed by atoms with Crippen molar-refractivity contribution in [2.75, 3.05) is 19.4 Å². The van der Waals surface area contributed by atoms with Crippen LogP contribution in [-0.2, 0) is 4.79 Å². The molecule has 2 rings (SSSR count). The van der Waals surface area contributed by atoms with Crippen molar-refractivity contribution in [1.82, 2.24) is 5.32 Å². The third-order valence-electron chi connectivity index (χ3n) is 3.15. The van der Waals surface area contributed by atoms with E-state index < -0.39 is 0 Å². The van der Waals surface area contributed by atoms with Gasteiger partial charge >= 0.3 is 0 Å². The Labute approximate surface area is 127 Å². The number of fused-ring (bicyclic) bond motifs is 1. The minimum absolute atomic E-state index is 0.254. The molecule has 6 nitrogen and oxygen atoms in total. The quantitative estimate of drug-likeness (QED) is 0.650. The maximum absolute atomic E-state index is 12.4. The van der Waals surface area contributed by atoms with Crippen LogP contribution in [0.3, 0.4) is 0 Å². The molecule has 22 heavy (non-hydrogen) atoms. The molecule has 0 unspecified atom stereocenters. The Hall–Kier alpha value is -2.76. The van der Waals surface area contributed by atoms with Gasteiger partial charge in [-0.15, -0.1) is 0 Å². The molecule has 116 valence electrons. The van der Waals surface area contributed by atoms with Crippen molar-refractivity contribution in [3.05, 3.63) is 40.3 Å². The van der Waals surface area contributed by atoms with Gasteiger partial charge in [0.15, 0.2) is 11.0 Å². The molecule has 0 bridgehead atoms. The predicted octanol–water partition coefficient (Wildman–Crippen LogP) is 1.92. The van der Waals surface area contributed by atoms with Crippen LogP contribution in [0.2, 0.25) is 0 Å². The number of nitrogen functional groups attached to an aromatic ring is 1. The van der Waals surface area contributed by atoms with Crippen LogP contribution < -0.4 is 21.2 Å². The second kappa shape index (κ2) is 6.80. The summed E-state index contributed by atoms with van der Waals surface area (Å²) in [6.45, 7) is 2.55. The van der Waals surface area contributed by atoms with Gasteiger partial charge in [-0.2, -0.15) is 0 Å². The minimum Gasteiger partial charge on any atom is -0.494 e. The van der Waals surface area contributed by atoms with Crippen molar-refractivity contribution in [2.45, 2.75) is 13.3 Å². The third kappa shape index (κ3) is 3.11. The summed E-state index contributed by atoms with van der Waals surface area (Å²) in [6.07, 6.45) is 4.86. The lowest BCUT2D eigenvalue weighted by molar-refractivity contribution is -0.116. The highest BCUT2D eigenvalue weighted by Crippen LogP contribution is 2.29. The molecule has 6 heteroatoms. The smallest absolute Gasteiger partial charge is 0.244 e. The molecule has 0 aliphatic carbocycles. The highest BCUT2D eigenvalue weighted by Gasteiger charge is 2.11. The average Bonchev–Trinajstić information content (AvgIpc) is 2.53. The second-order valence-electron chi connectivity index (χ2n) is 4.70. The van der Waals surface area contributed by atoms with Gasteiger partial charge < -0.3 is 20.2 Å². The number of hydrogen-bond donors (Lipinski definition) is 2. The van der Waals surface area contributed by atoms with E-state index in [1.54, 1.807) is 12.1 Å². The topological polar surface area (TPSA) is 94.6 Å². The maximum Gasteiger partial charge on any atom is 0.244 e. The molecule has 0 saturated heterocycles. The Balaban J connectivity index is 2.38. The first kappa shape index (κ1) is 15.6. The molecular weight excluding hydrogens is 284 g/mol. The van der Waals surface area contributed by atoms with Gasteiger partial charge in [0.1, 0.15) is 17.7 Å². The summed E-state index contributed by atoms with van der Waals surface area (Å²) >= 11 is 0. The normalized spacial score (nSPS) is 11.0. The SMILES string of the molecule is CCCNC(=O)/C=C/c1coc2c(N)c(OC)ccc2c1=O. The maximum atomic E-state index is 12.4. The molecule has 0 spiro atoms. The number of benzene rings is 1. The fourth-order valence-corrected chi connectivity index (χ4v) is 1.98. The summed E-state index contributed by atoms with van der Waals surface area (Å²) in [5, 5.41) is 3.03. The van der Waals surface area contributed by atoms with Gasteiger partial charge in [-0.1, -0.05) is 6.92 Å². The largest absolute Gasteiger partial charge is 0.494 e. The van der Waals surface area contributed by atoms with Crippen molar-refractivity contribution in [1.29, 1.82) is 0 Å². The van der Waals surface area contributed by atoms with Crippen molar-refractivity contribution in [3.63, 3.8) is 0 Å². The van der Waals surface area contributed by atoms with E-state index >= 15 is 0 Å². The van der Waals surface area contributed by atoms with E-state index in [1.807, 2.05) is 6.92 Å². The van der Waals surface area contributed by atoms with E-state index in [-0.39, 0.29) is 28.2 Å². The predicted molar refractivity (Wildman–Crippen MR) is 85.8 cm³/mol. The van der Waals surface area contributed by atoms with Crippen LogP contribution in [0.1, 0.15) is 18.9 Å². The van der Waals surface area contributed by atoms with Crippen molar-refractivity contribution in [3.8, 4) is 5.75 Å². The summed E-state index contributed by atoms with van der Waals surface area (Å²) in [7, 11) is 1.49. The molecule has 0 fully saturated rings. The minimum atomic E-state index is -0.254. The number of anilines is 1. The zero-order valence-electron chi connectivity index (χ0n) is 12.5. The first-order valence-corrected chi connectivity index (χ1v) is 6.92. The van der Waals surface area contributed by atoms with Crippen LogP contribution in [0.4, 0.5) is 5.69 Å². The van der Waals surface area contributed by atoms with Crippen molar-refractivity contribution in [2.24, 2.45) is 0 Å². The van der Waals surface area contributed by atoms with Crippen molar-refractivity contribution < 1.29 is 13.9 Å². The lowest BCUT2D eigenvalue weighted by Gasteiger charge is -2.06. The van der Waals surface area contributed by atoms with Crippen LogP contribution in [0.15, 0.2) is 33.7 Å². The number of ether oxygens (including phenoxy) is 1. The van der Waals surface area contributed by atoms with E-state index in [4.69, 9.17) is 14.9 Å². The second-order valence-corrected chi connectivity index (χ2v) is 4.70. The molecule has 1 aromatic heterocycles. The number of amides is 1. The van der Waals surface area contributed by atoms with Crippen molar-refractivity contribution >= 4 is 28.6 Å². The van der Waals surface area contributed by atoms with Crippen LogP contribution >= 0.6 is 0 Å². The lowest BCUT2D eigenvalue weighted by Crippen LogP contribution is -2.21. The van der Waals surface area contributed by atoms with Gasteiger partial charge in [0, 0.05) is 12.6 Å². The Bertz CT molecular complexity index is 778. The van der Waals surface area contributed by atoms with E-state index in [0.717, 1.165) is 6.42 Å². The van der Waals surface area contributed by atoms with Crippen LogP contribution in [0, 0.1) is 0 Å². The van der Waals surface area contributed by atoms with E-state index in [1.165, 1.54) is 25.5 Å². The zero-order chi connectivity index (χ0) is 16.1. The van der Waals surface area contributed by atoms with Crippen LogP contribution in [0.25, 0.3) is 17.0 Å². The van der Waals surface area contributed by atoms with Gasteiger partial charge in [0.25, 0.3) is 0 Å². The van der Waals surface area contributed by atoms with Gasteiger partial charge in [-0.25, -0.2) is 0 Å². The Morgan fingerprint density at radius 2 is 2.23 bits per heavy atom. The van der Waals surface area contributed by atoms with Crippen LogP contribution in [0.5, 0.6) is 5.75 Å². The third-order valence-corrected chi connectivity index (χ3v) is 3.15. The standard InChI is InChI=1S/C16H18N2O4/c1-3-8-18-13(19)7-4-10-9-22-16-11(15(10)20)5-6-12(21-2)14(16)17/h4-7,9H,3,8,17H2,1-2H3,(H,18,19)/b7-4+. The molecule has 2 aromatic rings. The average molecular weight is 302 g/mol. The summed E-state index contributed by atoms with van der Waals surface area (Å²) < 4.78 is 10.5. The summed E-state index contributed by atoms with van der Waals surface area (Å²) in [4.78, 5) is 23.9. The molecule has 1 amide bonds. The number of rotatable bonds is 5. The zero-order valence-corrected chi connectivity index (χ0v) is 12.5. The van der Waals surface area contributed by atoms with E-state index in [0.29, 0.717) is 17.7 Å². The van der Waals surface area contributed by atoms with E-state index in [9.17, 15) is 9.59 Å². The Morgan fingerprint density at radius 1 is 1.45 bits per heavy atom. The highest BCUT2D eigenvalue weighted by molar-refractivity contribution is 5.94. The van der Waals surface area contributed by atoms with E-state index in [2.05, 4.69) is 5.32 Å². The summed E-state index contributed by atoms with van der Waals surface area (Å²) in [5.41, 5.74) is 6.46. The molecule has 3 N–H and O–H groups in total. The van der Waals surface area contributed by atoms with Gasteiger partial charge in [-0.3, -0.25) is 9.59 Å². The Morgan fingerprint density at radius 3 is 2.91 bits per heavy atom. The fraction of sp³-hybridized carbons (Fsp3) is 0.250. The molecule has 0 aliphatic rings. The Kier molecular flexibility index (Phi) is 4.83. The first-order chi connectivity index (χ1) is 10.6. The number of methoxy groups -OCH3 is 1. The molecule has 0 radical (unpaired) electrons. The molecule has 0 aliphatic heterocycles. The fourth-order valence-electron chi connectivity index (χ4n) is 1.98. The number of nitrogens with one attached hydrogen (secondary N) is 1. The first-order valence-electron chi connectivity index (χ1n) is 6.92. The monoisotopic (exact) mass is 302 g/mol. The lowest BCUT2D eigenvalue weighted by atomic mass is 10.1. The molecule has 0 atom stereocenters. The number of carbonyl (C=O) groups excluding carboxylic acids is 1. The number of nitrogens with two attached hydrogens (primary N) is 1. The molecule has 1 heterocycles. The highest BCUT2D eigenvalue weighted by atomic mass is 16.5. The number of hydrogen-bond acceptors (Lipinski definition) is 5. The molecule has 0 saturated carbocycles. The molecule has 1 aromatic carbocycles. The summed E-state index contributed by atoms with van der Waals surface area (Å²) in [6, 6.07) is 3.20. The number of carbonyl (C=O) groups is 1. The van der Waals surface area contributed by atoms with Crippen LogP contribution in [-0.4, -0.2) is 19.6 Å². The van der Waals surface area contributed by atoms with Gasteiger partial charge in [0.2, 0.25) is 5.91 Å². The van der Waals surface area contributed by atoms with Gasteiger partial charge in [-0.05, 0) is 24.6 Å². The summed E-state index contributed by atoms with van der Waals surface area (Å²) in [5.74, 6) is 0.188.